The fourth-order valence-electron chi connectivity index (χ4n) is 2.51. The predicted octanol–water partition coefficient (Wildman–Crippen LogP) is 2.19. The maximum absolute atomic E-state index is 12.1. The second-order valence-corrected chi connectivity index (χ2v) is 5.69. The first-order valence-electron chi connectivity index (χ1n) is 8.22. The van der Waals surface area contributed by atoms with Gasteiger partial charge >= 0.3 is 6.03 Å². The van der Waals surface area contributed by atoms with Crippen LogP contribution in [0.3, 0.4) is 0 Å². The maximum atomic E-state index is 12.1. The number of aliphatic imine (C=N–C) groups is 1. The summed E-state index contributed by atoms with van der Waals surface area (Å²) in [5, 5.41) is 5.56. The topological polar surface area (TPSA) is 73.8 Å². The van der Waals surface area contributed by atoms with Gasteiger partial charge in [-0.25, -0.2) is 4.79 Å². The van der Waals surface area contributed by atoms with Crippen molar-refractivity contribution >= 4 is 23.8 Å². The van der Waals surface area contributed by atoms with Crippen LogP contribution in [0.1, 0.15) is 15.9 Å². The van der Waals surface area contributed by atoms with E-state index in [1.54, 1.807) is 23.2 Å². The average Bonchev–Trinajstić information content (AvgIpc) is 3.06. The Morgan fingerprint density at radius 2 is 1.92 bits per heavy atom. The molecule has 0 bridgehead atoms. The lowest BCUT2D eigenvalue weighted by atomic mass is 10.1. The minimum absolute atomic E-state index is 0.0729. The van der Waals surface area contributed by atoms with E-state index in [0.717, 1.165) is 11.3 Å². The van der Waals surface area contributed by atoms with Crippen LogP contribution in [0.15, 0.2) is 59.6 Å². The Labute approximate surface area is 146 Å². The number of hydrogen-bond donors (Lipinski definition) is 2. The van der Waals surface area contributed by atoms with Gasteiger partial charge in [-0.2, -0.15) is 0 Å². The average molecular weight is 336 g/mol. The first kappa shape index (κ1) is 16.7. The molecule has 2 aromatic rings. The summed E-state index contributed by atoms with van der Waals surface area (Å²) in [5.41, 5.74) is 2.40. The summed E-state index contributed by atoms with van der Waals surface area (Å²) < 4.78 is 0. The molecule has 0 radical (unpaired) electrons. The van der Waals surface area contributed by atoms with Gasteiger partial charge in [0.05, 0.1) is 5.69 Å². The predicted molar refractivity (Wildman–Crippen MR) is 97.4 cm³/mol. The van der Waals surface area contributed by atoms with Crippen LogP contribution in [-0.4, -0.2) is 49.2 Å². The summed E-state index contributed by atoms with van der Waals surface area (Å²) in [4.78, 5) is 29.6. The molecular weight excluding hydrogens is 316 g/mol. The van der Waals surface area contributed by atoms with E-state index < -0.39 is 0 Å². The number of hydrogen-bond acceptors (Lipinski definition) is 3. The zero-order valence-corrected chi connectivity index (χ0v) is 13.8. The quantitative estimate of drug-likeness (QED) is 0.794. The third kappa shape index (κ3) is 4.67. The molecule has 1 aliphatic heterocycles. The van der Waals surface area contributed by atoms with Gasteiger partial charge in [-0.3, -0.25) is 9.79 Å². The first-order chi connectivity index (χ1) is 12.2. The lowest BCUT2D eigenvalue weighted by Gasteiger charge is -2.14. The molecule has 6 heteroatoms. The minimum atomic E-state index is -0.147. The molecule has 2 aromatic carbocycles. The molecule has 3 amide bonds. The Morgan fingerprint density at radius 3 is 2.60 bits per heavy atom. The third-order valence-corrected chi connectivity index (χ3v) is 3.90. The number of amides is 3. The summed E-state index contributed by atoms with van der Waals surface area (Å²) in [5.74, 6) is -0.147. The number of urea groups is 1. The van der Waals surface area contributed by atoms with Gasteiger partial charge in [0.2, 0.25) is 0 Å². The lowest BCUT2D eigenvalue weighted by Crippen LogP contribution is -2.36. The molecule has 25 heavy (non-hydrogen) atoms. The van der Waals surface area contributed by atoms with E-state index in [4.69, 9.17) is 0 Å². The molecule has 6 nitrogen and oxygen atoms in total. The van der Waals surface area contributed by atoms with E-state index in [-0.39, 0.29) is 11.9 Å². The largest absolute Gasteiger partial charge is 0.350 e. The molecule has 0 atom stereocenters. The normalized spacial score (nSPS) is 13.9. The van der Waals surface area contributed by atoms with Crippen molar-refractivity contribution in [1.82, 2.24) is 15.5 Å². The second kappa shape index (κ2) is 8.10. The van der Waals surface area contributed by atoms with Crippen molar-refractivity contribution in [2.45, 2.75) is 0 Å². The molecule has 1 heterocycles. The summed E-state index contributed by atoms with van der Waals surface area (Å²) in [6, 6.07) is 16.9. The molecule has 1 saturated heterocycles. The monoisotopic (exact) mass is 336 g/mol. The highest BCUT2D eigenvalue weighted by Crippen LogP contribution is 2.10. The molecule has 1 aliphatic rings. The highest BCUT2D eigenvalue weighted by molar-refractivity contribution is 5.95. The molecule has 0 aliphatic carbocycles. The van der Waals surface area contributed by atoms with Crippen LogP contribution in [0.5, 0.6) is 0 Å². The van der Waals surface area contributed by atoms with Crippen LogP contribution in [0, 0.1) is 0 Å². The summed E-state index contributed by atoms with van der Waals surface area (Å²) >= 11 is 0. The first-order valence-corrected chi connectivity index (χ1v) is 8.22. The van der Waals surface area contributed by atoms with Crippen molar-refractivity contribution in [2.24, 2.45) is 4.99 Å². The van der Waals surface area contributed by atoms with Crippen LogP contribution in [0.25, 0.3) is 0 Å². The van der Waals surface area contributed by atoms with Crippen molar-refractivity contribution < 1.29 is 9.59 Å². The highest BCUT2D eigenvalue weighted by atomic mass is 16.2. The molecule has 1 fully saturated rings. The van der Waals surface area contributed by atoms with Crippen LogP contribution in [-0.2, 0) is 0 Å². The third-order valence-electron chi connectivity index (χ3n) is 3.90. The number of para-hydroxylation sites is 1. The number of nitrogens with zero attached hydrogens (tertiary/aromatic N) is 2. The zero-order valence-electron chi connectivity index (χ0n) is 13.8. The van der Waals surface area contributed by atoms with Crippen molar-refractivity contribution in [2.75, 3.05) is 26.2 Å². The standard InChI is InChI=1S/C19H20N4O2/c24-18(20-10-12-23-13-11-21-19(23)25)16-8-6-15(7-9-16)14-22-17-4-2-1-3-5-17/h1-9,14H,10-13H2,(H,20,24)(H,21,25). The number of carbonyl (C=O) groups excluding carboxylic acids is 2. The van der Waals surface area contributed by atoms with Gasteiger partial charge in [-0.05, 0) is 29.8 Å². The Kier molecular flexibility index (Phi) is 5.41. The molecule has 0 spiro atoms. The number of nitrogens with one attached hydrogen (secondary N) is 2. The zero-order chi connectivity index (χ0) is 17.5. The van der Waals surface area contributed by atoms with E-state index in [1.807, 2.05) is 42.5 Å². The second-order valence-electron chi connectivity index (χ2n) is 5.69. The molecule has 0 unspecified atom stereocenters. The lowest BCUT2D eigenvalue weighted by molar-refractivity contribution is 0.0950. The van der Waals surface area contributed by atoms with E-state index in [1.165, 1.54) is 0 Å². The van der Waals surface area contributed by atoms with Gasteiger partial charge < -0.3 is 15.5 Å². The van der Waals surface area contributed by atoms with Crippen LogP contribution in [0.2, 0.25) is 0 Å². The van der Waals surface area contributed by atoms with Gasteiger partial charge in [0, 0.05) is 38.0 Å². The Morgan fingerprint density at radius 1 is 1.16 bits per heavy atom. The van der Waals surface area contributed by atoms with Crippen molar-refractivity contribution in [1.29, 1.82) is 0 Å². The Bertz CT molecular complexity index is 757. The van der Waals surface area contributed by atoms with Crippen molar-refractivity contribution in [3.63, 3.8) is 0 Å². The summed E-state index contributed by atoms with van der Waals surface area (Å²) in [6.45, 7) is 2.30. The molecule has 0 aromatic heterocycles. The fourth-order valence-corrected chi connectivity index (χ4v) is 2.51. The SMILES string of the molecule is O=C(NCCN1CCNC1=O)c1ccc(C=Nc2ccccc2)cc1. The van der Waals surface area contributed by atoms with E-state index >= 15 is 0 Å². The van der Waals surface area contributed by atoms with Crippen molar-refractivity contribution in [3.05, 3.63) is 65.7 Å². The molecule has 0 saturated carbocycles. The van der Waals surface area contributed by atoms with Gasteiger partial charge in [0.15, 0.2) is 0 Å². The van der Waals surface area contributed by atoms with Crippen LogP contribution in [0.4, 0.5) is 10.5 Å². The Balaban J connectivity index is 1.50. The smallest absolute Gasteiger partial charge is 0.317 e. The number of benzene rings is 2. The fraction of sp³-hybridized carbons (Fsp3) is 0.211. The van der Waals surface area contributed by atoms with Crippen LogP contribution >= 0.6 is 0 Å². The van der Waals surface area contributed by atoms with Crippen LogP contribution < -0.4 is 10.6 Å². The van der Waals surface area contributed by atoms with Gasteiger partial charge in [-0.15, -0.1) is 0 Å². The molecular formula is C19H20N4O2. The molecule has 128 valence electrons. The van der Waals surface area contributed by atoms with Gasteiger partial charge in [-0.1, -0.05) is 30.3 Å². The van der Waals surface area contributed by atoms with Crippen molar-refractivity contribution in [3.8, 4) is 0 Å². The van der Waals surface area contributed by atoms with E-state index in [0.29, 0.717) is 31.7 Å². The minimum Gasteiger partial charge on any atom is -0.350 e. The molecule has 2 N–H and O–H groups in total. The Hall–Kier alpha value is -3.15. The maximum Gasteiger partial charge on any atom is 0.317 e. The van der Waals surface area contributed by atoms with E-state index in [9.17, 15) is 9.59 Å². The highest BCUT2D eigenvalue weighted by Gasteiger charge is 2.18. The summed E-state index contributed by atoms with van der Waals surface area (Å²) in [6.07, 6.45) is 1.77. The molecule has 3 rings (SSSR count). The van der Waals surface area contributed by atoms with Gasteiger partial charge in [0.1, 0.15) is 0 Å². The van der Waals surface area contributed by atoms with E-state index in [2.05, 4.69) is 15.6 Å². The van der Waals surface area contributed by atoms with Gasteiger partial charge in [0.25, 0.3) is 5.91 Å². The number of rotatable bonds is 6. The summed E-state index contributed by atoms with van der Waals surface area (Å²) in [7, 11) is 0. The number of carbonyl (C=O) groups is 2.